The second-order valence-electron chi connectivity index (χ2n) is 5.01. The number of likely N-dealkylation sites (N-methyl/N-ethyl adjacent to an activating group) is 1. The van der Waals surface area contributed by atoms with Crippen LogP contribution in [0, 0.1) is 0 Å². The predicted molar refractivity (Wildman–Crippen MR) is 73.7 cm³/mol. The number of esters is 1. The second-order valence-corrected chi connectivity index (χ2v) is 5.01. The van der Waals surface area contributed by atoms with Crippen molar-refractivity contribution in [2.75, 3.05) is 25.5 Å². The minimum Gasteiger partial charge on any atom is -0.464 e. The Kier molecular flexibility index (Phi) is 5.09. The van der Waals surface area contributed by atoms with Gasteiger partial charge in [0.1, 0.15) is 11.8 Å². The summed E-state index contributed by atoms with van der Waals surface area (Å²) >= 11 is 0. The zero-order valence-electron chi connectivity index (χ0n) is 12.2. The number of benzene rings is 1. The summed E-state index contributed by atoms with van der Waals surface area (Å²) in [5.41, 5.74) is 0.326. The maximum atomic E-state index is 12.0. The Bertz CT molecular complexity index is 574. The van der Waals surface area contributed by atoms with Gasteiger partial charge < -0.3 is 14.8 Å². The molecule has 1 atom stereocenters. The fourth-order valence-corrected chi connectivity index (χ4v) is 2.16. The van der Waals surface area contributed by atoms with Crippen molar-refractivity contribution in [2.45, 2.75) is 18.8 Å². The zero-order chi connectivity index (χ0) is 17.0. The number of hydrogen-bond donors (Lipinski definition) is 1. The van der Waals surface area contributed by atoms with Gasteiger partial charge in [-0.3, -0.25) is 14.5 Å². The third-order valence-corrected chi connectivity index (χ3v) is 3.20. The smallest absolute Gasteiger partial charge is 0.464 e. The number of nitrogens with one attached hydrogen (secondary N) is 1. The molecule has 2 rings (SSSR count). The number of carbonyl (C=O) groups is 2. The van der Waals surface area contributed by atoms with Crippen molar-refractivity contribution in [1.29, 1.82) is 0 Å². The molecular formula is C14H15F3N2O4. The van der Waals surface area contributed by atoms with Crippen molar-refractivity contribution >= 4 is 17.6 Å². The van der Waals surface area contributed by atoms with E-state index in [1.807, 2.05) is 0 Å². The molecule has 0 aromatic heterocycles. The lowest BCUT2D eigenvalue weighted by molar-refractivity contribution is -0.274. The molecule has 1 fully saturated rings. The van der Waals surface area contributed by atoms with E-state index < -0.39 is 18.3 Å². The molecular weight excluding hydrogens is 317 g/mol. The van der Waals surface area contributed by atoms with Crippen LogP contribution in [0.25, 0.3) is 0 Å². The van der Waals surface area contributed by atoms with Gasteiger partial charge in [-0.2, -0.15) is 0 Å². The van der Waals surface area contributed by atoms with E-state index in [1.165, 1.54) is 12.1 Å². The first kappa shape index (κ1) is 17.1. The Morgan fingerprint density at radius 1 is 1.39 bits per heavy atom. The van der Waals surface area contributed by atoms with E-state index in [-0.39, 0.29) is 18.3 Å². The zero-order valence-corrected chi connectivity index (χ0v) is 12.2. The number of nitrogens with zero attached hydrogens (tertiary/aromatic N) is 1. The third-order valence-electron chi connectivity index (χ3n) is 3.20. The largest absolute Gasteiger partial charge is 0.573 e. The molecule has 6 nitrogen and oxygen atoms in total. The molecule has 1 unspecified atom stereocenters. The van der Waals surface area contributed by atoms with Crippen LogP contribution >= 0.6 is 0 Å². The van der Waals surface area contributed by atoms with E-state index >= 15 is 0 Å². The topological polar surface area (TPSA) is 67.9 Å². The Balaban J connectivity index is 1.86. The summed E-state index contributed by atoms with van der Waals surface area (Å²) in [6, 6.07) is 4.33. The average molecular weight is 332 g/mol. The minimum atomic E-state index is -4.76. The van der Waals surface area contributed by atoms with E-state index in [9.17, 15) is 22.8 Å². The van der Waals surface area contributed by atoms with Crippen molar-refractivity contribution in [3.8, 4) is 5.75 Å². The Labute approximate surface area is 130 Å². The first-order valence-electron chi connectivity index (χ1n) is 6.77. The summed E-state index contributed by atoms with van der Waals surface area (Å²) in [7, 11) is 1.62. The highest BCUT2D eigenvalue weighted by Gasteiger charge is 2.32. The van der Waals surface area contributed by atoms with Gasteiger partial charge in [-0.1, -0.05) is 0 Å². The van der Waals surface area contributed by atoms with Crippen molar-refractivity contribution in [3.63, 3.8) is 0 Å². The van der Waals surface area contributed by atoms with Crippen LogP contribution in [0.4, 0.5) is 18.9 Å². The molecule has 1 aromatic rings. The number of amides is 1. The number of rotatable bonds is 5. The molecule has 9 heteroatoms. The lowest BCUT2D eigenvalue weighted by Crippen LogP contribution is -2.40. The van der Waals surface area contributed by atoms with Gasteiger partial charge in [-0.05, 0) is 31.3 Å². The van der Waals surface area contributed by atoms with E-state index in [0.29, 0.717) is 18.7 Å². The maximum absolute atomic E-state index is 12.0. The van der Waals surface area contributed by atoms with Gasteiger partial charge in [-0.25, -0.2) is 0 Å². The van der Waals surface area contributed by atoms with E-state index in [2.05, 4.69) is 10.1 Å². The highest BCUT2D eigenvalue weighted by Crippen LogP contribution is 2.24. The molecule has 1 N–H and O–H groups in total. The summed E-state index contributed by atoms with van der Waals surface area (Å²) in [5.74, 6) is -1.13. The van der Waals surface area contributed by atoms with Crippen LogP contribution in [-0.4, -0.2) is 49.4 Å². The number of ether oxygens (including phenoxy) is 2. The van der Waals surface area contributed by atoms with Crippen LogP contribution in [0.3, 0.4) is 0 Å². The number of halogens is 3. The van der Waals surface area contributed by atoms with Crippen LogP contribution in [0.5, 0.6) is 5.75 Å². The maximum Gasteiger partial charge on any atom is 0.573 e. The van der Waals surface area contributed by atoms with Crippen molar-refractivity contribution in [1.82, 2.24) is 4.90 Å². The van der Waals surface area contributed by atoms with Crippen LogP contribution in [-0.2, 0) is 14.3 Å². The summed E-state index contributed by atoms with van der Waals surface area (Å²) in [6.45, 7) is 0.288. The fraction of sp³-hybridized carbons (Fsp3) is 0.429. The quantitative estimate of drug-likeness (QED) is 0.833. The Morgan fingerprint density at radius 2 is 2.04 bits per heavy atom. The molecule has 0 saturated carbocycles. The summed E-state index contributed by atoms with van der Waals surface area (Å²) in [6.07, 6.45) is -4.24. The fourth-order valence-electron chi connectivity index (χ4n) is 2.16. The van der Waals surface area contributed by atoms with Gasteiger partial charge in [0.15, 0.2) is 0 Å². The molecule has 1 amide bonds. The van der Waals surface area contributed by atoms with Crippen molar-refractivity contribution < 1.29 is 32.2 Å². The molecule has 126 valence electrons. The molecule has 0 spiro atoms. The first-order chi connectivity index (χ1) is 10.7. The summed E-state index contributed by atoms with van der Waals surface area (Å²) in [4.78, 5) is 24.9. The average Bonchev–Trinajstić information content (AvgIpc) is 2.85. The molecule has 1 aliphatic heterocycles. The van der Waals surface area contributed by atoms with Crippen LogP contribution in [0.15, 0.2) is 24.3 Å². The molecule has 23 heavy (non-hydrogen) atoms. The standard InChI is InChI=1S/C14H15F3N2O4/c1-19(11-6-7-22-13(11)21)8-12(20)18-9-2-4-10(5-3-9)23-14(15,16)17/h2-5,11H,6-8H2,1H3,(H,18,20). The number of carbonyl (C=O) groups excluding carboxylic acids is 2. The number of anilines is 1. The number of cyclic esters (lactones) is 1. The highest BCUT2D eigenvalue weighted by atomic mass is 19.4. The van der Waals surface area contributed by atoms with Crippen LogP contribution in [0.1, 0.15) is 6.42 Å². The van der Waals surface area contributed by atoms with Crippen molar-refractivity contribution in [2.24, 2.45) is 0 Å². The molecule has 0 bridgehead atoms. The highest BCUT2D eigenvalue weighted by molar-refractivity contribution is 5.92. The number of alkyl halides is 3. The van der Waals surface area contributed by atoms with Gasteiger partial charge >= 0.3 is 12.3 Å². The SMILES string of the molecule is CN(CC(=O)Nc1ccc(OC(F)(F)F)cc1)C1CCOC1=O. The normalized spacial score (nSPS) is 18.0. The first-order valence-corrected chi connectivity index (χ1v) is 6.77. The molecule has 0 radical (unpaired) electrons. The van der Waals surface area contributed by atoms with Gasteiger partial charge in [0.25, 0.3) is 0 Å². The third kappa shape index (κ3) is 5.13. The monoisotopic (exact) mass is 332 g/mol. The Morgan fingerprint density at radius 3 is 2.57 bits per heavy atom. The van der Waals surface area contributed by atoms with Gasteiger partial charge in [0, 0.05) is 12.1 Å². The molecule has 1 aromatic carbocycles. The predicted octanol–water partition coefficient (Wildman–Crippen LogP) is 1.77. The van der Waals surface area contributed by atoms with Crippen LogP contribution in [0.2, 0.25) is 0 Å². The van der Waals surface area contributed by atoms with E-state index in [1.54, 1.807) is 11.9 Å². The summed E-state index contributed by atoms with van der Waals surface area (Å²) in [5, 5.41) is 2.53. The minimum absolute atomic E-state index is 0.0411. The van der Waals surface area contributed by atoms with Gasteiger partial charge in [-0.15, -0.1) is 13.2 Å². The van der Waals surface area contributed by atoms with Gasteiger partial charge in [0.05, 0.1) is 13.2 Å². The number of hydrogen-bond acceptors (Lipinski definition) is 5. The lowest BCUT2D eigenvalue weighted by Gasteiger charge is -2.20. The Hall–Kier alpha value is -2.29. The molecule has 1 saturated heterocycles. The van der Waals surface area contributed by atoms with Crippen LogP contribution < -0.4 is 10.1 Å². The van der Waals surface area contributed by atoms with Crippen molar-refractivity contribution in [3.05, 3.63) is 24.3 Å². The summed E-state index contributed by atoms with van der Waals surface area (Å²) < 4.78 is 44.7. The molecule has 1 aliphatic rings. The molecule has 0 aliphatic carbocycles. The lowest BCUT2D eigenvalue weighted by atomic mass is 10.2. The van der Waals surface area contributed by atoms with E-state index in [4.69, 9.17) is 4.74 Å². The van der Waals surface area contributed by atoms with E-state index in [0.717, 1.165) is 12.1 Å². The second kappa shape index (κ2) is 6.86. The molecule has 1 heterocycles. The van der Waals surface area contributed by atoms with Gasteiger partial charge in [0.2, 0.25) is 5.91 Å².